The van der Waals surface area contributed by atoms with Gasteiger partial charge in [-0.3, -0.25) is 14.5 Å². The van der Waals surface area contributed by atoms with Crippen molar-refractivity contribution in [3.63, 3.8) is 0 Å². The van der Waals surface area contributed by atoms with Crippen LogP contribution in [0.25, 0.3) is 0 Å². The smallest absolute Gasteiger partial charge is 0.309 e. The first-order chi connectivity index (χ1) is 14.1. The standard InChI is InChI=1S/C23H34N2O4/c1-3-28-21-7-5-6-18(16-21)17-24-12-8-19(9-13-24)22(26)25-14-10-20(11-15-25)23(27)29-4-2/h5-7,16,19-20H,3-4,8-15,17H2,1-2H3. The highest BCUT2D eigenvalue weighted by atomic mass is 16.5. The lowest BCUT2D eigenvalue weighted by molar-refractivity contribution is -0.152. The first kappa shape index (κ1) is 21.6. The number of likely N-dealkylation sites (tertiary alicyclic amines) is 2. The van der Waals surface area contributed by atoms with Crippen LogP contribution in [0.3, 0.4) is 0 Å². The summed E-state index contributed by atoms with van der Waals surface area (Å²) in [7, 11) is 0. The van der Waals surface area contributed by atoms with E-state index in [2.05, 4.69) is 17.0 Å². The van der Waals surface area contributed by atoms with E-state index >= 15 is 0 Å². The van der Waals surface area contributed by atoms with Crippen molar-refractivity contribution in [2.24, 2.45) is 11.8 Å². The van der Waals surface area contributed by atoms with E-state index in [9.17, 15) is 9.59 Å². The molecule has 1 aromatic rings. The Morgan fingerprint density at radius 3 is 2.31 bits per heavy atom. The van der Waals surface area contributed by atoms with Crippen molar-refractivity contribution in [1.82, 2.24) is 9.80 Å². The van der Waals surface area contributed by atoms with Crippen LogP contribution in [0.2, 0.25) is 0 Å². The van der Waals surface area contributed by atoms with Crippen molar-refractivity contribution < 1.29 is 19.1 Å². The van der Waals surface area contributed by atoms with Crippen LogP contribution in [0.1, 0.15) is 45.1 Å². The molecule has 0 atom stereocenters. The second-order valence-electron chi connectivity index (χ2n) is 7.98. The number of piperidine rings is 2. The van der Waals surface area contributed by atoms with E-state index in [4.69, 9.17) is 9.47 Å². The lowest BCUT2D eigenvalue weighted by Crippen LogP contribution is -2.46. The third-order valence-electron chi connectivity index (χ3n) is 5.98. The SMILES string of the molecule is CCOC(=O)C1CCN(C(=O)C2CCN(Cc3cccc(OCC)c3)CC2)CC1. The average molecular weight is 403 g/mol. The molecule has 2 saturated heterocycles. The Hall–Kier alpha value is -2.08. The molecule has 0 aliphatic carbocycles. The predicted octanol–water partition coefficient (Wildman–Crippen LogP) is 3.10. The highest BCUT2D eigenvalue weighted by molar-refractivity contribution is 5.79. The number of esters is 1. The fraction of sp³-hybridized carbons (Fsp3) is 0.652. The van der Waals surface area contributed by atoms with E-state index in [1.165, 1.54) is 5.56 Å². The van der Waals surface area contributed by atoms with Crippen molar-refractivity contribution in [2.45, 2.75) is 46.1 Å². The number of hydrogen-bond acceptors (Lipinski definition) is 5. The van der Waals surface area contributed by atoms with E-state index in [0.717, 1.165) is 51.1 Å². The van der Waals surface area contributed by atoms with Crippen LogP contribution in [0.15, 0.2) is 24.3 Å². The molecule has 0 saturated carbocycles. The molecule has 6 nitrogen and oxygen atoms in total. The minimum atomic E-state index is -0.110. The molecule has 6 heteroatoms. The minimum absolute atomic E-state index is 0.0479. The second-order valence-corrected chi connectivity index (χ2v) is 7.98. The highest BCUT2D eigenvalue weighted by Gasteiger charge is 2.33. The molecule has 29 heavy (non-hydrogen) atoms. The lowest BCUT2D eigenvalue weighted by Gasteiger charge is -2.36. The molecule has 0 unspecified atom stereocenters. The molecule has 2 heterocycles. The quantitative estimate of drug-likeness (QED) is 0.656. The van der Waals surface area contributed by atoms with E-state index in [-0.39, 0.29) is 23.7 Å². The number of carbonyl (C=O) groups excluding carboxylic acids is 2. The van der Waals surface area contributed by atoms with Gasteiger partial charge in [0.25, 0.3) is 0 Å². The maximum Gasteiger partial charge on any atom is 0.309 e. The number of nitrogens with zero attached hydrogens (tertiary/aromatic N) is 2. The molecule has 0 bridgehead atoms. The molecule has 160 valence electrons. The summed E-state index contributed by atoms with van der Waals surface area (Å²) < 4.78 is 10.7. The van der Waals surface area contributed by atoms with Crippen molar-refractivity contribution in [1.29, 1.82) is 0 Å². The highest BCUT2D eigenvalue weighted by Crippen LogP contribution is 2.25. The summed E-state index contributed by atoms with van der Waals surface area (Å²) in [5.74, 6) is 1.14. The Morgan fingerprint density at radius 1 is 0.966 bits per heavy atom. The molecule has 2 fully saturated rings. The zero-order valence-corrected chi connectivity index (χ0v) is 17.8. The van der Waals surface area contributed by atoms with Gasteiger partial charge in [-0.15, -0.1) is 0 Å². The van der Waals surface area contributed by atoms with Gasteiger partial charge in [0.2, 0.25) is 5.91 Å². The van der Waals surface area contributed by atoms with E-state index in [0.29, 0.717) is 26.3 Å². The summed E-state index contributed by atoms with van der Waals surface area (Å²) in [5, 5.41) is 0. The van der Waals surface area contributed by atoms with Gasteiger partial charge in [-0.25, -0.2) is 0 Å². The monoisotopic (exact) mass is 402 g/mol. The zero-order valence-electron chi connectivity index (χ0n) is 17.8. The third-order valence-corrected chi connectivity index (χ3v) is 5.98. The number of hydrogen-bond donors (Lipinski definition) is 0. The zero-order chi connectivity index (χ0) is 20.6. The summed E-state index contributed by atoms with van der Waals surface area (Å²) in [5.41, 5.74) is 1.25. The maximum absolute atomic E-state index is 12.9. The van der Waals surface area contributed by atoms with Crippen molar-refractivity contribution in [3.05, 3.63) is 29.8 Å². The average Bonchev–Trinajstić information content (AvgIpc) is 2.75. The summed E-state index contributed by atoms with van der Waals surface area (Å²) in [6, 6.07) is 8.27. The number of benzene rings is 1. The molecule has 2 aliphatic rings. The molecule has 0 aromatic heterocycles. The normalized spacial score (nSPS) is 19.2. The van der Waals surface area contributed by atoms with Crippen LogP contribution in [0, 0.1) is 11.8 Å². The van der Waals surface area contributed by atoms with Gasteiger partial charge < -0.3 is 14.4 Å². The van der Waals surface area contributed by atoms with E-state index < -0.39 is 0 Å². The van der Waals surface area contributed by atoms with Crippen LogP contribution in [0.4, 0.5) is 0 Å². The largest absolute Gasteiger partial charge is 0.494 e. The number of ether oxygens (including phenoxy) is 2. The Balaban J connectivity index is 1.43. The summed E-state index contributed by atoms with van der Waals surface area (Å²) in [6.45, 7) is 9.04. The van der Waals surface area contributed by atoms with E-state index in [1.807, 2.05) is 30.9 Å². The Bertz CT molecular complexity index is 677. The van der Waals surface area contributed by atoms with E-state index in [1.54, 1.807) is 0 Å². The first-order valence-corrected chi connectivity index (χ1v) is 11.0. The second kappa shape index (κ2) is 10.6. The molecule has 0 N–H and O–H groups in total. The summed E-state index contributed by atoms with van der Waals surface area (Å²) in [6.07, 6.45) is 3.25. The minimum Gasteiger partial charge on any atom is -0.494 e. The number of carbonyl (C=O) groups is 2. The van der Waals surface area contributed by atoms with Gasteiger partial charge in [0.05, 0.1) is 19.1 Å². The topological polar surface area (TPSA) is 59.1 Å². The molecular formula is C23H34N2O4. The van der Waals surface area contributed by atoms with Crippen LogP contribution < -0.4 is 4.74 Å². The molecule has 1 amide bonds. The van der Waals surface area contributed by atoms with Crippen molar-refractivity contribution >= 4 is 11.9 Å². The van der Waals surface area contributed by atoms with Gasteiger partial charge in [-0.05, 0) is 70.3 Å². The van der Waals surface area contributed by atoms with Crippen LogP contribution in [0.5, 0.6) is 5.75 Å². The maximum atomic E-state index is 12.9. The Kier molecular flexibility index (Phi) is 7.92. The number of amides is 1. The van der Waals surface area contributed by atoms with Gasteiger partial charge in [0.15, 0.2) is 0 Å². The van der Waals surface area contributed by atoms with Crippen LogP contribution in [-0.4, -0.2) is 61.1 Å². The van der Waals surface area contributed by atoms with Crippen molar-refractivity contribution in [3.8, 4) is 5.75 Å². The fourth-order valence-corrected chi connectivity index (χ4v) is 4.35. The first-order valence-electron chi connectivity index (χ1n) is 11.0. The molecule has 0 radical (unpaired) electrons. The Morgan fingerprint density at radius 2 is 1.66 bits per heavy atom. The molecule has 0 spiro atoms. The lowest BCUT2D eigenvalue weighted by atomic mass is 9.92. The van der Waals surface area contributed by atoms with Gasteiger partial charge in [-0.2, -0.15) is 0 Å². The van der Waals surface area contributed by atoms with Gasteiger partial charge in [0, 0.05) is 25.6 Å². The molecule has 2 aliphatic heterocycles. The van der Waals surface area contributed by atoms with Crippen LogP contribution in [-0.2, 0) is 20.9 Å². The van der Waals surface area contributed by atoms with Crippen LogP contribution >= 0.6 is 0 Å². The van der Waals surface area contributed by atoms with Gasteiger partial charge in [0.1, 0.15) is 5.75 Å². The van der Waals surface area contributed by atoms with Crippen molar-refractivity contribution in [2.75, 3.05) is 39.4 Å². The van der Waals surface area contributed by atoms with Gasteiger partial charge in [-0.1, -0.05) is 12.1 Å². The summed E-state index contributed by atoms with van der Waals surface area (Å²) in [4.78, 5) is 29.2. The fourth-order valence-electron chi connectivity index (χ4n) is 4.35. The van der Waals surface area contributed by atoms with Gasteiger partial charge >= 0.3 is 5.97 Å². The third kappa shape index (κ3) is 5.95. The molecule has 1 aromatic carbocycles. The summed E-state index contributed by atoms with van der Waals surface area (Å²) >= 11 is 0. The molecular weight excluding hydrogens is 368 g/mol. The predicted molar refractivity (Wildman–Crippen MR) is 112 cm³/mol. The Labute approximate surface area is 174 Å². The number of rotatable bonds is 7. The molecule has 3 rings (SSSR count).